The van der Waals surface area contributed by atoms with Crippen LogP contribution < -0.4 is 4.74 Å². The van der Waals surface area contributed by atoms with Gasteiger partial charge in [-0.3, -0.25) is 4.79 Å². The predicted octanol–water partition coefficient (Wildman–Crippen LogP) is 4.57. The summed E-state index contributed by atoms with van der Waals surface area (Å²) in [7, 11) is 2.92. The van der Waals surface area contributed by atoms with Crippen LogP contribution in [0.15, 0.2) is 48.5 Å². The highest BCUT2D eigenvalue weighted by Crippen LogP contribution is 2.34. The first-order valence-corrected chi connectivity index (χ1v) is 9.46. The van der Waals surface area contributed by atoms with Gasteiger partial charge < -0.3 is 14.2 Å². The number of hydrogen-bond acceptors (Lipinski definition) is 5. The first-order chi connectivity index (χ1) is 13.5. The summed E-state index contributed by atoms with van der Waals surface area (Å²) >= 11 is 0. The number of carbonyl (C=O) groups excluding carboxylic acids is 2. The van der Waals surface area contributed by atoms with E-state index in [1.807, 2.05) is 50.2 Å². The second-order valence-corrected chi connectivity index (χ2v) is 6.75. The summed E-state index contributed by atoms with van der Waals surface area (Å²) < 4.78 is 15.8. The third kappa shape index (κ3) is 4.91. The molecule has 0 radical (unpaired) electrons. The number of ether oxygens (including phenoxy) is 3. The molecule has 0 saturated heterocycles. The minimum atomic E-state index is -0.617. The summed E-state index contributed by atoms with van der Waals surface area (Å²) in [6, 6.07) is 14.8. The Morgan fingerprint density at radius 1 is 0.929 bits per heavy atom. The number of hydrogen-bond donors (Lipinski definition) is 0. The second kappa shape index (κ2) is 9.93. The lowest BCUT2D eigenvalue weighted by Gasteiger charge is -2.28. The van der Waals surface area contributed by atoms with E-state index in [0.717, 1.165) is 11.1 Å². The Labute approximate surface area is 166 Å². The molecule has 0 heterocycles. The zero-order valence-corrected chi connectivity index (χ0v) is 17.0. The van der Waals surface area contributed by atoms with Crippen molar-refractivity contribution in [2.45, 2.75) is 39.7 Å². The van der Waals surface area contributed by atoms with Crippen LogP contribution in [0.3, 0.4) is 0 Å². The second-order valence-electron chi connectivity index (χ2n) is 6.75. The van der Waals surface area contributed by atoms with E-state index in [1.165, 1.54) is 14.2 Å². The molecule has 0 aliphatic carbocycles. The van der Waals surface area contributed by atoms with Gasteiger partial charge in [-0.1, -0.05) is 50.2 Å². The molecule has 0 saturated carbocycles. The zero-order valence-electron chi connectivity index (χ0n) is 17.0. The maximum absolute atomic E-state index is 12.7. The van der Waals surface area contributed by atoms with E-state index < -0.39 is 11.4 Å². The summed E-state index contributed by atoms with van der Waals surface area (Å²) in [4.78, 5) is 25.0. The molecule has 0 atom stereocenters. The van der Waals surface area contributed by atoms with Crippen LogP contribution in [0.4, 0.5) is 0 Å². The molecule has 0 unspecified atom stereocenters. The molecule has 0 aromatic heterocycles. The van der Waals surface area contributed by atoms with Crippen LogP contribution >= 0.6 is 0 Å². The van der Waals surface area contributed by atoms with Gasteiger partial charge in [0, 0.05) is 0 Å². The van der Waals surface area contributed by atoms with Crippen LogP contribution in [-0.2, 0) is 27.3 Å². The summed E-state index contributed by atoms with van der Waals surface area (Å²) in [6.07, 6.45) is 1.78. The van der Waals surface area contributed by atoms with Gasteiger partial charge in [-0.2, -0.15) is 0 Å². The Kier molecular flexibility index (Phi) is 7.61. The third-order valence-corrected chi connectivity index (χ3v) is 5.21. The van der Waals surface area contributed by atoms with Crippen LogP contribution in [0.2, 0.25) is 0 Å². The maximum Gasteiger partial charge on any atom is 0.342 e. The fourth-order valence-electron chi connectivity index (χ4n) is 3.29. The Hall–Kier alpha value is -2.82. The van der Waals surface area contributed by atoms with Crippen LogP contribution in [-0.4, -0.2) is 26.2 Å². The van der Waals surface area contributed by atoms with Gasteiger partial charge >= 0.3 is 11.9 Å². The molecule has 0 aliphatic rings. The largest absolute Gasteiger partial charge is 0.496 e. The number of benzene rings is 2. The van der Waals surface area contributed by atoms with Crippen molar-refractivity contribution in [3.8, 4) is 5.75 Å². The lowest BCUT2D eigenvalue weighted by atomic mass is 9.77. The van der Waals surface area contributed by atoms with Crippen LogP contribution in [0.5, 0.6) is 5.75 Å². The van der Waals surface area contributed by atoms with Crippen molar-refractivity contribution in [1.29, 1.82) is 0 Å². The first-order valence-electron chi connectivity index (χ1n) is 9.46. The van der Waals surface area contributed by atoms with Crippen molar-refractivity contribution >= 4 is 11.9 Å². The van der Waals surface area contributed by atoms with E-state index in [9.17, 15) is 9.59 Å². The fourth-order valence-corrected chi connectivity index (χ4v) is 3.29. The molecule has 2 aromatic carbocycles. The molecular weight excluding hydrogens is 356 g/mol. The van der Waals surface area contributed by atoms with E-state index in [-0.39, 0.29) is 12.6 Å². The highest BCUT2D eigenvalue weighted by molar-refractivity contribution is 5.92. The molecule has 2 rings (SSSR count). The Bertz CT molecular complexity index is 794. The topological polar surface area (TPSA) is 61.8 Å². The summed E-state index contributed by atoms with van der Waals surface area (Å²) in [5.74, 6) is -0.251. The number of carbonyl (C=O) groups is 2. The minimum Gasteiger partial charge on any atom is -0.496 e. The molecule has 0 N–H and O–H groups in total. The average Bonchev–Trinajstić information content (AvgIpc) is 2.75. The van der Waals surface area contributed by atoms with Crippen molar-refractivity contribution in [3.63, 3.8) is 0 Å². The molecule has 2 aromatic rings. The van der Waals surface area contributed by atoms with Crippen LogP contribution in [0.25, 0.3) is 0 Å². The molecule has 150 valence electrons. The van der Waals surface area contributed by atoms with Gasteiger partial charge in [-0.15, -0.1) is 0 Å². The van der Waals surface area contributed by atoms with Gasteiger partial charge in [-0.25, -0.2) is 4.79 Å². The summed E-state index contributed by atoms with van der Waals surface area (Å²) in [5.41, 5.74) is 1.50. The molecule has 0 bridgehead atoms. The lowest BCUT2D eigenvalue weighted by molar-refractivity contribution is -0.153. The Balaban J connectivity index is 2.25. The zero-order chi connectivity index (χ0) is 20.6. The van der Waals surface area contributed by atoms with E-state index in [1.54, 1.807) is 12.1 Å². The Morgan fingerprint density at radius 2 is 1.61 bits per heavy atom. The molecule has 5 nitrogen and oxygen atoms in total. The van der Waals surface area contributed by atoms with Gasteiger partial charge in [0.2, 0.25) is 0 Å². The molecule has 0 aliphatic heterocycles. The maximum atomic E-state index is 12.7. The van der Waals surface area contributed by atoms with E-state index in [0.29, 0.717) is 30.6 Å². The van der Waals surface area contributed by atoms with Crippen molar-refractivity contribution in [2.75, 3.05) is 14.2 Å². The fraction of sp³-hybridized carbons (Fsp3) is 0.391. The van der Waals surface area contributed by atoms with Crippen molar-refractivity contribution in [3.05, 3.63) is 65.2 Å². The van der Waals surface area contributed by atoms with Gasteiger partial charge in [0.1, 0.15) is 17.9 Å². The summed E-state index contributed by atoms with van der Waals surface area (Å²) in [5, 5.41) is 0. The van der Waals surface area contributed by atoms with Crippen LogP contribution in [0, 0.1) is 5.41 Å². The summed E-state index contributed by atoms with van der Waals surface area (Å²) in [6.45, 7) is 4.13. The molecule has 0 spiro atoms. The van der Waals surface area contributed by atoms with Gasteiger partial charge in [0.05, 0.1) is 19.6 Å². The molecule has 28 heavy (non-hydrogen) atoms. The monoisotopic (exact) mass is 384 g/mol. The number of esters is 2. The van der Waals surface area contributed by atoms with Crippen molar-refractivity contribution in [2.24, 2.45) is 5.41 Å². The smallest absolute Gasteiger partial charge is 0.342 e. The molecule has 5 heteroatoms. The minimum absolute atomic E-state index is 0.184. The van der Waals surface area contributed by atoms with Crippen molar-refractivity contribution in [1.82, 2.24) is 0 Å². The Morgan fingerprint density at radius 3 is 2.18 bits per heavy atom. The normalized spacial score (nSPS) is 11.0. The van der Waals surface area contributed by atoms with E-state index >= 15 is 0 Å². The predicted molar refractivity (Wildman–Crippen MR) is 107 cm³/mol. The lowest BCUT2D eigenvalue weighted by Crippen LogP contribution is -2.33. The average molecular weight is 384 g/mol. The highest BCUT2D eigenvalue weighted by atomic mass is 16.5. The van der Waals surface area contributed by atoms with E-state index in [2.05, 4.69) is 0 Å². The van der Waals surface area contributed by atoms with E-state index in [4.69, 9.17) is 14.2 Å². The number of rotatable bonds is 9. The van der Waals surface area contributed by atoms with Crippen molar-refractivity contribution < 1.29 is 23.8 Å². The third-order valence-electron chi connectivity index (χ3n) is 5.21. The molecule has 0 fully saturated rings. The first kappa shape index (κ1) is 21.5. The van der Waals surface area contributed by atoms with Gasteiger partial charge in [0.15, 0.2) is 0 Å². The van der Waals surface area contributed by atoms with Crippen LogP contribution in [0.1, 0.15) is 48.2 Å². The standard InChI is InChI=1S/C23H28O5/c1-5-23(6-2,22(25)27-4)15-18-12-13-20(26-3)19(14-18)21(24)28-16-17-10-8-7-9-11-17/h7-14H,5-6,15-16H2,1-4H3. The molecule has 0 amide bonds. The van der Waals surface area contributed by atoms with Gasteiger partial charge in [0.25, 0.3) is 0 Å². The quantitative estimate of drug-likeness (QED) is 0.593. The number of methoxy groups -OCH3 is 2. The SMILES string of the molecule is CCC(CC)(Cc1ccc(OC)c(C(=O)OCc2ccccc2)c1)C(=O)OC. The molecular formula is C23H28O5. The highest BCUT2D eigenvalue weighted by Gasteiger charge is 2.36. The van der Waals surface area contributed by atoms with Gasteiger partial charge in [-0.05, 0) is 42.5 Å².